The Morgan fingerprint density at radius 2 is 2.44 bits per heavy atom. The fourth-order valence-electron chi connectivity index (χ4n) is 2.00. The number of halogens is 1. The molecule has 1 aromatic heterocycles. The second-order valence-electron chi connectivity index (χ2n) is 4.31. The molecule has 4 heteroatoms. The summed E-state index contributed by atoms with van der Waals surface area (Å²) in [4.78, 5) is 18.0. The Kier molecular flexibility index (Phi) is 3.44. The van der Waals surface area contributed by atoms with Crippen molar-refractivity contribution in [2.45, 2.75) is 13.3 Å². The normalized spacial score (nSPS) is 20.1. The van der Waals surface area contributed by atoms with Crippen LogP contribution >= 0.6 is 11.6 Å². The zero-order valence-corrected chi connectivity index (χ0v) is 10.1. The number of amides is 1. The van der Waals surface area contributed by atoms with Crippen LogP contribution in [0.5, 0.6) is 0 Å². The van der Waals surface area contributed by atoms with Gasteiger partial charge < -0.3 is 4.90 Å². The summed E-state index contributed by atoms with van der Waals surface area (Å²) in [6.07, 6.45) is 4.39. The van der Waals surface area contributed by atoms with E-state index in [-0.39, 0.29) is 5.91 Å². The zero-order valence-electron chi connectivity index (χ0n) is 9.32. The summed E-state index contributed by atoms with van der Waals surface area (Å²) in [5.74, 6) is 1.16. The van der Waals surface area contributed by atoms with E-state index < -0.39 is 0 Å². The van der Waals surface area contributed by atoms with Gasteiger partial charge in [0.25, 0.3) is 5.91 Å². The third kappa shape index (κ3) is 2.35. The highest BCUT2D eigenvalue weighted by Gasteiger charge is 2.26. The van der Waals surface area contributed by atoms with Gasteiger partial charge in [0.2, 0.25) is 0 Å². The Morgan fingerprint density at radius 3 is 3.06 bits per heavy atom. The van der Waals surface area contributed by atoms with Gasteiger partial charge >= 0.3 is 0 Å². The lowest BCUT2D eigenvalue weighted by atomic mass is 10.1. The second-order valence-corrected chi connectivity index (χ2v) is 4.62. The van der Waals surface area contributed by atoms with Crippen molar-refractivity contribution in [3.8, 4) is 0 Å². The number of hydrogen-bond acceptors (Lipinski definition) is 2. The molecule has 1 aliphatic rings. The van der Waals surface area contributed by atoms with Gasteiger partial charge in [0.05, 0.1) is 5.56 Å². The zero-order chi connectivity index (χ0) is 11.5. The molecule has 2 heterocycles. The molecule has 0 saturated carbocycles. The molecule has 1 unspecified atom stereocenters. The molecule has 1 aliphatic heterocycles. The van der Waals surface area contributed by atoms with E-state index in [1.807, 2.05) is 17.9 Å². The van der Waals surface area contributed by atoms with Gasteiger partial charge in [-0.2, -0.15) is 0 Å². The van der Waals surface area contributed by atoms with Gasteiger partial charge in [-0.05, 0) is 30.9 Å². The summed E-state index contributed by atoms with van der Waals surface area (Å²) in [5, 5.41) is 0. The van der Waals surface area contributed by atoms with Crippen molar-refractivity contribution in [2.24, 2.45) is 5.92 Å². The lowest BCUT2D eigenvalue weighted by Gasteiger charge is -2.16. The Morgan fingerprint density at radius 1 is 1.62 bits per heavy atom. The highest BCUT2D eigenvalue weighted by atomic mass is 35.5. The van der Waals surface area contributed by atoms with Gasteiger partial charge in [0.1, 0.15) is 0 Å². The van der Waals surface area contributed by atoms with Gasteiger partial charge in [0.15, 0.2) is 0 Å². The first-order valence-corrected chi connectivity index (χ1v) is 6.01. The molecular weight excluding hydrogens is 224 g/mol. The first-order valence-electron chi connectivity index (χ1n) is 5.47. The van der Waals surface area contributed by atoms with Crippen LogP contribution in [0.4, 0.5) is 0 Å². The van der Waals surface area contributed by atoms with Gasteiger partial charge in [-0.1, -0.05) is 0 Å². The Hall–Kier alpha value is -1.09. The van der Waals surface area contributed by atoms with Crippen molar-refractivity contribution in [3.05, 3.63) is 29.6 Å². The van der Waals surface area contributed by atoms with Crippen LogP contribution in [0.1, 0.15) is 22.3 Å². The standard InChI is InChI=1S/C12H15ClN2O/c1-9-4-11(7-14-6-9)12(16)15-3-2-10(5-13)8-15/h4,6-7,10H,2-3,5,8H2,1H3. The quantitative estimate of drug-likeness (QED) is 0.740. The highest BCUT2D eigenvalue weighted by molar-refractivity contribution is 6.18. The lowest BCUT2D eigenvalue weighted by molar-refractivity contribution is 0.0788. The number of aryl methyl sites for hydroxylation is 1. The van der Waals surface area contributed by atoms with Crippen molar-refractivity contribution in [1.82, 2.24) is 9.88 Å². The summed E-state index contributed by atoms with van der Waals surface area (Å²) >= 11 is 5.80. The summed E-state index contributed by atoms with van der Waals surface area (Å²) < 4.78 is 0. The van der Waals surface area contributed by atoms with Gasteiger partial charge in [-0.15, -0.1) is 11.6 Å². The number of hydrogen-bond donors (Lipinski definition) is 0. The van der Waals surface area contributed by atoms with Crippen LogP contribution < -0.4 is 0 Å². The third-order valence-corrected chi connectivity index (χ3v) is 3.35. The molecule has 3 nitrogen and oxygen atoms in total. The SMILES string of the molecule is Cc1cncc(C(=O)N2CCC(CCl)C2)c1. The molecule has 2 rings (SSSR count). The van der Waals surface area contributed by atoms with Crippen LogP contribution in [-0.4, -0.2) is 34.8 Å². The maximum absolute atomic E-state index is 12.1. The van der Waals surface area contributed by atoms with E-state index in [4.69, 9.17) is 11.6 Å². The van der Waals surface area contributed by atoms with Gasteiger partial charge in [-0.3, -0.25) is 9.78 Å². The summed E-state index contributed by atoms with van der Waals surface area (Å²) in [7, 11) is 0. The highest BCUT2D eigenvalue weighted by Crippen LogP contribution is 2.19. The first kappa shape index (κ1) is 11.4. The Bertz CT molecular complexity index is 394. The number of carbonyl (C=O) groups is 1. The average molecular weight is 239 g/mol. The minimum atomic E-state index is 0.0730. The molecule has 0 radical (unpaired) electrons. The van der Waals surface area contributed by atoms with Crippen molar-refractivity contribution in [1.29, 1.82) is 0 Å². The van der Waals surface area contributed by atoms with E-state index in [0.717, 1.165) is 25.1 Å². The molecule has 0 bridgehead atoms. The van der Waals surface area contributed by atoms with Crippen LogP contribution in [-0.2, 0) is 0 Å². The van der Waals surface area contributed by atoms with Gasteiger partial charge in [-0.25, -0.2) is 0 Å². The van der Waals surface area contributed by atoms with Crippen molar-refractivity contribution < 1.29 is 4.79 Å². The molecule has 1 amide bonds. The topological polar surface area (TPSA) is 33.2 Å². The van der Waals surface area contributed by atoms with Crippen LogP contribution in [0.3, 0.4) is 0 Å². The average Bonchev–Trinajstić information content (AvgIpc) is 2.76. The fraction of sp³-hybridized carbons (Fsp3) is 0.500. The summed E-state index contributed by atoms with van der Waals surface area (Å²) in [6, 6.07) is 1.88. The van der Waals surface area contributed by atoms with Crippen LogP contribution in [0.15, 0.2) is 18.5 Å². The maximum atomic E-state index is 12.1. The smallest absolute Gasteiger partial charge is 0.255 e. The van der Waals surface area contributed by atoms with E-state index in [0.29, 0.717) is 17.4 Å². The monoisotopic (exact) mass is 238 g/mol. The predicted octanol–water partition coefficient (Wildman–Crippen LogP) is 2.09. The molecule has 86 valence electrons. The summed E-state index contributed by atoms with van der Waals surface area (Å²) in [5.41, 5.74) is 1.69. The molecule has 1 atom stereocenters. The summed E-state index contributed by atoms with van der Waals surface area (Å²) in [6.45, 7) is 3.52. The number of nitrogens with zero attached hydrogens (tertiary/aromatic N) is 2. The van der Waals surface area contributed by atoms with E-state index in [1.54, 1.807) is 12.4 Å². The van der Waals surface area contributed by atoms with Crippen LogP contribution in [0.2, 0.25) is 0 Å². The second kappa shape index (κ2) is 4.83. The van der Waals surface area contributed by atoms with Crippen molar-refractivity contribution in [3.63, 3.8) is 0 Å². The van der Waals surface area contributed by atoms with Crippen LogP contribution in [0, 0.1) is 12.8 Å². The van der Waals surface area contributed by atoms with Crippen molar-refractivity contribution >= 4 is 17.5 Å². The largest absolute Gasteiger partial charge is 0.338 e. The molecule has 1 saturated heterocycles. The Balaban J connectivity index is 2.08. The molecular formula is C12H15ClN2O. The molecule has 0 aliphatic carbocycles. The predicted molar refractivity (Wildman–Crippen MR) is 63.7 cm³/mol. The molecule has 0 spiro atoms. The molecule has 16 heavy (non-hydrogen) atoms. The number of aromatic nitrogens is 1. The molecule has 0 N–H and O–H groups in total. The Labute approximate surface area is 100 Å². The van der Waals surface area contributed by atoms with E-state index >= 15 is 0 Å². The lowest BCUT2D eigenvalue weighted by Crippen LogP contribution is -2.29. The number of carbonyl (C=O) groups excluding carboxylic acids is 1. The van der Waals surface area contributed by atoms with E-state index in [2.05, 4.69) is 4.98 Å². The molecule has 1 aromatic rings. The number of rotatable bonds is 2. The van der Waals surface area contributed by atoms with E-state index in [9.17, 15) is 4.79 Å². The molecule has 1 fully saturated rings. The minimum absolute atomic E-state index is 0.0730. The molecule has 0 aromatic carbocycles. The fourth-order valence-corrected chi connectivity index (χ4v) is 2.25. The van der Waals surface area contributed by atoms with Gasteiger partial charge in [0, 0.05) is 31.4 Å². The number of pyridine rings is 1. The van der Waals surface area contributed by atoms with Crippen molar-refractivity contribution in [2.75, 3.05) is 19.0 Å². The third-order valence-electron chi connectivity index (χ3n) is 2.91. The first-order chi connectivity index (χ1) is 7.70. The number of alkyl halides is 1. The van der Waals surface area contributed by atoms with E-state index in [1.165, 1.54) is 0 Å². The minimum Gasteiger partial charge on any atom is -0.338 e. The van der Waals surface area contributed by atoms with Crippen LogP contribution in [0.25, 0.3) is 0 Å². The maximum Gasteiger partial charge on any atom is 0.255 e. The number of likely N-dealkylation sites (tertiary alicyclic amines) is 1.